The van der Waals surface area contributed by atoms with Crippen LogP contribution in [0.5, 0.6) is 0 Å². The minimum absolute atomic E-state index is 0.290. The van der Waals surface area contributed by atoms with Crippen LogP contribution in [0.2, 0.25) is 0 Å². The number of carbonyl (C=O) groups is 2. The summed E-state index contributed by atoms with van der Waals surface area (Å²) in [6.45, 7) is 6.24. The number of anilines is 1. The van der Waals surface area contributed by atoms with Crippen molar-refractivity contribution in [3.8, 4) is 11.3 Å². The molecule has 0 unspecified atom stereocenters. The molecule has 0 saturated heterocycles. The van der Waals surface area contributed by atoms with Gasteiger partial charge in [0.1, 0.15) is 6.04 Å². The maximum absolute atomic E-state index is 13.2. The number of rotatable bonds is 7. The van der Waals surface area contributed by atoms with E-state index >= 15 is 0 Å². The lowest BCUT2D eigenvalue weighted by atomic mass is 9.99. The van der Waals surface area contributed by atoms with Crippen LogP contribution < -0.4 is 10.6 Å². The molecule has 4 rings (SSSR count). The summed E-state index contributed by atoms with van der Waals surface area (Å²) >= 11 is 1.37. The maximum Gasteiger partial charge on any atom is 0.251 e. The molecule has 5 nitrogen and oxygen atoms in total. The summed E-state index contributed by atoms with van der Waals surface area (Å²) in [6, 6.07) is 22.1. The Kier molecular flexibility index (Phi) is 7.18. The number of hydrogen-bond donors (Lipinski definition) is 2. The Morgan fingerprint density at radius 3 is 2.24 bits per heavy atom. The molecule has 0 radical (unpaired) electrons. The topological polar surface area (TPSA) is 71.1 Å². The van der Waals surface area contributed by atoms with Gasteiger partial charge in [-0.2, -0.15) is 0 Å². The number of hydrogen-bond acceptors (Lipinski definition) is 4. The Labute approximate surface area is 203 Å². The predicted octanol–water partition coefficient (Wildman–Crippen LogP) is 5.72. The third kappa shape index (κ3) is 5.58. The van der Waals surface area contributed by atoms with Crippen LogP contribution in [0, 0.1) is 20.8 Å². The molecule has 2 amide bonds. The van der Waals surface area contributed by atoms with Gasteiger partial charge < -0.3 is 10.6 Å². The Balaban J connectivity index is 1.53. The number of carbonyl (C=O) groups excluding carboxylic acids is 2. The van der Waals surface area contributed by atoms with Crippen molar-refractivity contribution in [1.29, 1.82) is 0 Å². The van der Waals surface area contributed by atoms with Gasteiger partial charge >= 0.3 is 0 Å². The van der Waals surface area contributed by atoms with Gasteiger partial charge in [0.25, 0.3) is 5.91 Å². The minimum Gasteiger partial charge on any atom is -0.340 e. The van der Waals surface area contributed by atoms with Crippen molar-refractivity contribution in [1.82, 2.24) is 10.3 Å². The van der Waals surface area contributed by atoms with E-state index < -0.39 is 6.04 Å². The molecule has 1 heterocycles. The molecule has 0 fully saturated rings. The third-order valence-corrected chi connectivity index (χ3v) is 6.55. The van der Waals surface area contributed by atoms with Gasteiger partial charge in [-0.25, -0.2) is 4.98 Å². The zero-order valence-electron chi connectivity index (χ0n) is 19.5. The van der Waals surface area contributed by atoms with Crippen LogP contribution in [-0.2, 0) is 11.2 Å². The van der Waals surface area contributed by atoms with Gasteiger partial charge in [-0.1, -0.05) is 54.6 Å². The SMILES string of the molecule is Cc1cc(C)c(-c2csc(NC(=O)[C@@H](Cc3ccccc3)NC(=O)c3ccccc3)n2)cc1C. The molecule has 0 aliphatic heterocycles. The number of benzene rings is 3. The summed E-state index contributed by atoms with van der Waals surface area (Å²) < 4.78 is 0. The Morgan fingerprint density at radius 2 is 1.53 bits per heavy atom. The van der Waals surface area contributed by atoms with E-state index in [1.54, 1.807) is 24.3 Å². The van der Waals surface area contributed by atoms with E-state index in [4.69, 9.17) is 0 Å². The van der Waals surface area contributed by atoms with Gasteiger partial charge in [-0.05, 0) is 61.2 Å². The number of aromatic nitrogens is 1. The van der Waals surface area contributed by atoms with Gasteiger partial charge in [0, 0.05) is 22.9 Å². The highest BCUT2D eigenvalue weighted by molar-refractivity contribution is 7.14. The standard InChI is InChI=1S/C28H27N3O2S/c1-18-14-20(3)23(15-19(18)2)25-17-34-28(30-25)31-27(33)24(16-21-10-6-4-7-11-21)29-26(32)22-12-8-5-9-13-22/h4-15,17,24H,16H2,1-3H3,(H,29,32)(H,30,31,33)/t24-/m1/s1. The van der Waals surface area contributed by atoms with E-state index in [1.165, 1.54) is 22.5 Å². The molecule has 3 aromatic carbocycles. The highest BCUT2D eigenvalue weighted by atomic mass is 32.1. The van der Waals surface area contributed by atoms with E-state index in [-0.39, 0.29) is 11.8 Å². The second kappa shape index (κ2) is 10.4. The summed E-state index contributed by atoms with van der Waals surface area (Å²) in [5.41, 5.74) is 6.93. The second-order valence-corrected chi connectivity index (χ2v) is 9.22. The summed E-state index contributed by atoms with van der Waals surface area (Å²) in [5.74, 6) is -0.590. The summed E-state index contributed by atoms with van der Waals surface area (Å²) in [6.07, 6.45) is 0.375. The molecule has 1 aromatic heterocycles. The minimum atomic E-state index is -0.745. The number of nitrogens with zero attached hydrogens (tertiary/aromatic N) is 1. The van der Waals surface area contributed by atoms with Crippen LogP contribution >= 0.6 is 11.3 Å². The lowest BCUT2D eigenvalue weighted by molar-refractivity contribution is -0.118. The van der Waals surface area contributed by atoms with Crippen molar-refractivity contribution >= 4 is 28.3 Å². The zero-order chi connectivity index (χ0) is 24.1. The molecule has 4 aromatic rings. The Morgan fingerprint density at radius 1 is 0.882 bits per heavy atom. The Bertz CT molecular complexity index is 1300. The first-order valence-electron chi connectivity index (χ1n) is 11.1. The lowest BCUT2D eigenvalue weighted by Crippen LogP contribution is -2.45. The number of amides is 2. The smallest absolute Gasteiger partial charge is 0.251 e. The van der Waals surface area contributed by atoms with Crippen molar-refractivity contribution in [2.75, 3.05) is 5.32 Å². The van der Waals surface area contributed by atoms with Gasteiger partial charge in [0.2, 0.25) is 5.91 Å². The largest absolute Gasteiger partial charge is 0.340 e. The quantitative estimate of drug-likeness (QED) is 0.364. The van der Waals surface area contributed by atoms with Crippen molar-refractivity contribution in [2.24, 2.45) is 0 Å². The monoisotopic (exact) mass is 469 g/mol. The van der Waals surface area contributed by atoms with Crippen LogP contribution in [0.15, 0.2) is 78.2 Å². The molecule has 6 heteroatoms. The number of nitrogens with one attached hydrogen (secondary N) is 2. The molecule has 0 spiro atoms. The average Bonchev–Trinajstić information content (AvgIpc) is 3.30. The van der Waals surface area contributed by atoms with Crippen LogP contribution in [0.4, 0.5) is 5.13 Å². The van der Waals surface area contributed by atoms with Crippen molar-refractivity contribution in [3.63, 3.8) is 0 Å². The van der Waals surface area contributed by atoms with Crippen LogP contribution in [-0.4, -0.2) is 22.8 Å². The lowest BCUT2D eigenvalue weighted by Gasteiger charge is -2.18. The normalized spacial score (nSPS) is 11.6. The summed E-state index contributed by atoms with van der Waals surface area (Å²) in [4.78, 5) is 30.7. The summed E-state index contributed by atoms with van der Waals surface area (Å²) in [7, 11) is 0. The maximum atomic E-state index is 13.2. The highest BCUT2D eigenvalue weighted by Gasteiger charge is 2.23. The van der Waals surface area contributed by atoms with E-state index in [9.17, 15) is 9.59 Å². The van der Waals surface area contributed by atoms with Crippen LogP contribution in [0.3, 0.4) is 0 Å². The fourth-order valence-electron chi connectivity index (χ4n) is 3.77. The van der Waals surface area contributed by atoms with Gasteiger partial charge in [0.15, 0.2) is 5.13 Å². The first kappa shape index (κ1) is 23.4. The van der Waals surface area contributed by atoms with Gasteiger partial charge in [-0.15, -0.1) is 11.3 Å². The number of aryl methyl sites for hydroxylation is 3. The van der Waals surface area contributed by atoms with E-state index in [0.29, 0.717) is 17.1 Å². The highest BCUT2D eigenvalue weighted by Crippen LogP contribution is 2.29. The Hall–Kier alpha value is -3.77. The van der Waals surface area contributed by atoms with Gasteiger partial charge in [0.05, 0.1) is 5.69 Å². The first-order valence-corrected chi connectivity index (χ1v) is 12.0. The predicted molar refractivity (Wildman–Crippen MR) is 138 cm³/mol. The van der Waals surface area contributed by atoms with Crippen molar-refractivity contribution in [2.45, 2.75) is 33.2 Å². The molecule has 0 aliphatic rings. The van der Waals surface area contributed by atoms with Crippen LogP contribution in [0.25, 0.3) is 11.3 Å². The van der Waals surface area contributed by atoms with Gasteiger partial charge in [-0.3, -0.25) is 9.59 Å². The zero-order valence-corrected chi connectivity index (χ0v) is 20.3. The molecule has 172 valence electrons. The van der Waals surface area contributed by atoms with Crippen LogP contribution in [0.1, 0.15) is 32.6 Å². The molecule has 1 atom stereocenters. The molecule has 0 aliphatic carbocycles. The van der Waals surface area contributed by atoms with E-state index in [2.05, 4.69) is 48.5 Å². The molecule has 0 bridgehead atoms. The number of thiazole rings is 1. The first-order chi connectivity index (χ1) is 16.4. The molecular weight excluding hydrogens is 442 g/mol. The molecular formula is C28H27N3O2S. The van der Waals surface area contributed by atoms with Crippen molar-refractivity contribution < 1.29 is 9.59 Å². The summed E-state index contributed by atoms with van der Waals surface area (Å²) in [5, 5.41) is 8.25. The second-order valence-electron chi connectivity index (χ2n) is 8.36. The van der Waals surface area contributed by atoms with E-state index in [1.807, 2.05) is 41.8 Å². The van der Waals surface area contributed by atoms with Crippen molar-refractivity contribution in [3.05, 3.63) is 106 Å². The third-order valence-electron chi connectivity index (χ3n) is 5.79. The average molecular weight is 470 g/mol. The fourth-order valence-corrected chi connectivity index (χ4v) is 4.49. The fraction of sp³-hybridized carbons (Fsp3) is 0.179. The van der Waals surface area contributed by atoms with E-state index in [0.717, 1.165) is 22.4 Å². The molecule has 34 heavy (non-hydrogen) atoms. The molecule has 2 N–H and O–H groups in total. The molecule has 0 saturated carbocycles.